The third kappa shape index (κ3) is 4.40. The van der Waals surface area contributed by atoms with Gasteiger partial charge in [-0.15, -0.1) is 11.3 Å². The number of hydrogen-bond acceptors (Lipinski definition) is 6. The molecule has 1 N–H and O–H groups in total. The second-order valence-corrected chi connectivity index (χ2v) is 8.94. The molecule has 160 valence electrons. The van der Waals surface area contributed by atoms with Gasteiger partial charge in [0, 0.05) is 10.9 Å². The second kappa shape index (κ2) is 8.64. The maximum Gasteiger partial charge on any atom is 0.263 e. The number of fused-ring (bicyclic) bond motifs is 1. The fourth-order valence-electron chi connectivity index (χ4n) is 3.02. The van der Waals surface area contributed by atoms with E-state index in [1.54, 1.807) is 12.1 Å². The Hall–Kier alpha value is -2.98. The van der Waals surface area contributed by atoms with Gasteiger partial charge in [0.2, 0.25) is 5.91 Å². The van der Waals surface area contributed by atoms with Crippen LogP contribution < -0.4 is 10.9 Å². The second-order valence-electron chi connectivity index (χ2n) is 6.79. The molecule has 31 heavy (non-hydrogen) atoms. The molecule has 0 unspecified atom stereocenters. The van der Waals surface area contributed by atoms with Gasteiger partial charge in [-0.25, -0.2) is 13.8 Å². The van der Waals surface area contributed by atoms with E-state index in [1.807, 2.05) is 13.8 Å². The number of furan rings is 1. The summed E-state index contributed by atoms with van der Waals surface area (Å²) in [6.07, 6.45) is 1.52. The standard InChI is InChI=1S/C21H17F2N3O3S2/c1-11-12(2)31-19-18(11)20(28)26(9-14-4-3-7-29-14)21(25-19)30-10-17(27)24-16-6-5-13(22)8-15(16)23/h3-8H,9-10H2,1-2H3,(H,24,27). The monoisotopic (exact) mass is 461 g/mol. The number of benzene rings is 1. The normalized spacial score (nSPS) is 11.2. The van der Waals surface area contributed by atoms with Gasteiger partial charge in [-0.1, -0.05) is 11.8 Å². The van der Waals surface area contributed by atoms with E-state index in [-0.39, 0.29) is 23.5 Å². The topological polar surface area (TPSA) is 77.1 Å². The van der Waals surface area contributed by atoms with Crippen LogP contribution in [0.5, 0.6) is 0 Å². The predicted molar refractivity (Wildman–Crippen MR) is 117 cm³/mol. The first kappa shape index (κ1) is 21.3. The minimum absolute atomic E-state index is 0.115. The summed E-state index contributed by atoms with van der Waals surface area (Å²) >= 11 is 2.47. The van der Waals surface area contributed by atoms with Crippen molar-refractivity contribution in [1.82, 2.24) is 9.55 Å². The van der Waals surface area contributed by atoms with E-state index in [0.29, 0.717) is 27.2 Å². The Morgan fingerprint density at radius 3 is 2.81 bits per heavy atom. The van der Waals surface area contributed by atoms with Crippen LogP contribution in [0.25, 0.3) is 10.2 Å². The Bertz CT molecular complexity index is 1330. The summed E-state index contributed by atoms with van der Waals surface area (Å²) in [6.45, 7) is 3.97. The third-order valence-electron chi connectivity index (χ3n) is 4.69. The summed E-state index contributed by atoms with van der Waals surface area (Å²) in [6, 6.07) is 6.39. The van der Waals surface area contributed by atoms with Gasteiger partial charge in [-0.2, -0.15) is 0 Å². The Morgan fingerprint density at radius 1 is 1.29 bits per heavy atom. The van der Waals surface area contributed by atoms with Crippen LogP contribution in [0.1, 0.15) is 16.2 Å². The summed E-state index contributed by atoms with van der Waals surface area (Å²) in [5.74, 6) is -1.64. The van der Waals surface area contributed by atoms with E-state index >= 15 is 0 Å². The van der Waals surface area contributed by atoms with Crippen molar-refractivity contribution in [3.05, 3.63) is 74.8 Å². The molecule has 0 saturated carbocycles. The number of anilines is 1. The van der Waals surface area contributed by atoms with E-state index in [9.17, 15) is 18.4 Å². The van der Waals surface area contributed by atoms with Crippen LogP contribution in [0.4, 0.5) is 14.5 Å². The predicted octanol–water partition coefficient (Wildman–Crippen LogP) is 4.73. The molecule has 0 fully saturated rings. The van der Waals surface area contributed by atoms with Crippen molar-refractivity contribution in [2.45, 2.75) is 25.5 Å². The molecule has 0 aliphatic rings. The van der Waals surface area contributed by atoms with Crippen molar-refractivity contribution in [2.75, 3.05) is 11.1 Å². The number of carbonyl (C=O) groups excluding carboxylic acids is 1. The zero-order valence-electron chi connectivity index (χ0n) is 16.6. The van der Waals surface area contributed by atoms with Crippen LogP contribution in [0.3, 0.4) is 0 Å². The molecule has 0 spiro atoms. The van der Waals surface area contributed by atoms with Crippen LogP contribution in [0.15, 0.2) is 51.0 Å². The van der Waals surface area contributed by atoms with E-state index < -0.39 is 17.5 Å². The number of nitrogens with one attached hydrogen (secondary N) is 1. The number of carbonyl (C=O) groups is 1. The van der Waals surface area contributed by atoms with Gasteiger partial charge in [-0.05, 0) is 43.7 Å². The van der Waals surface area contributed by atoms with Crippen LogP contribution in [-0.2, 0) is 11.3 Å². The largest absolute Gasteiger partial charge is 0.467 e. The van der Waals surface area contributed by atoms with E-state index in [4.69, 9.17) is 4.42 Å². The zero-order valence-corrected chi connectivity index (χ0v) is 18.2. The summed E-state index contributed by atoms with van der Waals surface area (Å²) < 4.78 is 33.7. The molecule has 4 rings (SSSR count). The number of halogens is 2. The molecule has 0 saturated heterocycles. The molecular weight excluding hydrogens is 444 g/mol. The third-order valence-corrected chi connectivity index (χ3v) is 6.76. The van der Waals surface area contributed by atoms with Gasteiger partial charge in [0.05, 0.1) is 29.6 Å². The van der Waals surface area contributed by atoms with Gasteiger partial charge >= 0.3 is 0 Å². The van der Waals surface area contributed by atoms with Gasteiger partial charge in [-0.3, -0.25) is 14.2 Å². The summed E-state index contributed by atoms with van der Waals surface area (Å²) in [7, 11) is 0. The quantitative estimate of drug-likeness (QED) is 0.332. The number of amides is 1. The highest BCUT2D eigenvalue weighted by atomic mass is 32.2. The van der Waals surface area contributed by atoms with E-state index in [2.05, 4.69) is 10.3 Å². The Morgan fingerprint density at radius 2 is 2.10 bits per heavy atom. The Kier molecular flexibility index (Phi) is 5.92. The van der Waals surface area contributed by atoms with Crippen molar-refractivity contribution < 1.29 is 18.0 Å². The number of hydrogen-bond donors (Lipinski definition) is 1. The lowest BCUT2D eigenvalue weighted by Crippen LogP contribution is -2.24. The van der Waals surface area contributed by atoms with Crippen molar-refractivity contribution in [2.24, 2.45) is 0 Å². The van der Waals surface area contributed by atoms with Gasteiger partial charge in [0.1, 0.15) is 22.2 Å². The molecule has 3 heterocycles. The number of aryl methyl sites for hydroxylation is 2. The number of rotatable bonds is 6. The first-order chi connectivity index (χ1) is 14.8. The van der Waals surface area contributed by atoms with Crippen molar-refractivity contribution in [3.8, 4) is 0 Å². The van der Waals surface area contributed by atoms with Crippen LogP contribution in [-0.4, -0.2) is 21.2 Å². The highest BCUT2D eigenvalue weighted by Gasteiger charge is 2.19. The molecule has 0 aliphatic carbocycles. The summed E-state index contributed by atoms with van der Waals surface area (Å²) in [5, 5.41) is 3.31. The summed E-state index contributed by atoms with van der Waals surface area (Å²) in [4.78, 5) is 31.7. The summed E-state index contributed by atoms with van der Waals surface area (Å²) in [5.41, 5.74) is 0.551. The fourth-order valence-corrected chi connectivity index (χ4v) is 4.89. The molecular formula is C21H17F2N3O3S2. The maximum atomic E-state index is 13.8. The van der Waals surface area contributed by atoms with Crippen LogP contribution in [0, 0.1) is 25.5 Å². The molecule has 1 amide bonds. The lowest BCUT2D eigenvalue weighted by Gasteiger charge is -2.11. The number of thiophene rings is 1. The van der Waals surface area contributed by atoms with E-state index in [0.717, 1.165) is 34.3 Å². The lowest BCUT2D eigenvalue weighted by molar-refractivity contribution is -0.113. The fraction of sp³-hybridized carbons (Fsp3) is 0.190. The zero-order chi connectivity index (χ0) is 22.1. The first-order valence-corrected chi connectivity index (χ1v) is 11.0. The SMILES string of the molecule is Cc1sc2nc(SCC(=O)Nc3ccc(F)cc3F)n(Cc3ccco3)c(=O)c2c1C. The molecule has 0 bridgehead atoms. The Labute approximate surface area is 183 Å². The molecule has 0 aliphatic heterocycles. The Balaban J connectivity index is 1.62. The van der Waals surface area contributed by atoms with E-state index in [1.165, 1.54) is 22.2 Å². The number of nitrogens with zero attached hydrogens (tertiary/aromatic N) is 2. The molecule has 4 aromatic rings. The van der Waals surface area contributed by atoms with Gasteiger partial charge in [0.15, 0.2) is 5.16 Å². The lowest BCUT2D eigenvalue weighted by atomic mass is 10.2. The smallest absolute Gasteiger partial charge is 0.263 e. The molecule has 6 nitrogen and oxygen atoms in total. The average Bonchev–Trinajstić information content (AvgIpc) is 3.33. The van der Waals surface area contributed by atoms with Gasteiger partial charge in [0.25, 0.3) is 5.56 Å². The molecule has 3 aromatic heterocycles. The molecule has 1 aromatic carbocycles. The highest BCUT2D eigenvalue weighted by molar-refractivity contribution is 7.99. The van der Waals surface area contributed by atoms with Gasteiger partial charge < -0.3 is 9.73 Å². The maximum absolute atomic E-state index is 13.8. The van der Waals surface area contributed by atoms with Crippen LogP contribution in [0.2, 0.25) is 0 Å². The first-order valence-electron chi connectivity index (χ1n) is 9.24. The number of thioether (sulfide) groups is 1. The average molecular weight is 462 g/mol. The minimum atomic E-state index is -0.864. The van der Waals surface area contributed by atoms with Crippen LogP contribution >= 0.6 is 23.1 Å². The highest BCUT2D eigenvalue weighted by Crippen LogP contribution is 2.29. The molecule has 0 radical (unpaired) electrons. The van der Waals surface area contributed by atoms with Crippen molar-refractivity contribution in [3.63, 3.8) is 0 Å². The minimum Gasteiger partial charge on any atom is -0.467 e. The molecule has 10 heteroatoms. The number of aromatic nitrogens is 2. The van der Waals surface area contributed by atoms with Crippen molar-refractivity contribution in [1.29, 1.82) is 0 Å². The molecule has 0 atom stereocenters. The van der Waals surface area contributed by atoms with Crippen molar-refractivity contribution >= 4 is 44.9 Å².